The van der Waals surface area contributed by atoms with Crippen LogP contribution in [0.4, 0.5) is 0 Å². The fourth-order valence-corrected chi connectivity index (χ4v) is 9.17. The van der Waals surface area contributed by atoms with Gasteiger partial charge in [0.25, 0.3) is 14.1 Å². The Bertz CT molecular complexity index is 187. The Morgan fingerprint density at radius 3 is 2.83 bits per heavy atom. The molecule has 2 bridgehead atoms. The molecule has 0 radical (unpaired) electrons. The highest BCUT2D eigenvalue weighted by Crippen LogP contribution is 2.62. The van der Waals surface area contributed by atoms with E-state index in [9.17, 15) is 0 Å². The Kier molecular flexibility index (Phi) is 1.81. The predicted molar refractivity (Wildman–Crippen MR) is 53.7 cm³/mol. The molecule has 4 atom stereocenters. The molecule has 0 spiro atoms. The summed E-state index contributed by atoms with van der Waals surface area (Å²) in [5.74, 6) is 3.70. The zero-order chi connectivity index (χ0) is 8.13. The molecule has 66 valence electrons. The summed E-state index contributed by atoms with van der Waals surface area (Å²) in [6.45, 7) is 2.46. The minimum atomic E-state index is -0.216. The van der Waals surface area contributed by atoms with E-state index in [1.165, 1.54) is 22.5 Å². The van der Waals surface area contributed by atoms with Gasteiger partial charge in [-0.15, -0.1) is 0 Å². The van der Waals surface area contributed by atoms with E-state index < -0.39 is 0 Å². The number of hydrogen-bond acceptors (Lipinski definition) is 0. The molecule has 3 fully saturated rings. The van der Waals surface area contributed by atoms with Crippen LogP contribution in [0.5, 0.6) is 0 Å². The molecule has 1 heterocycles. The van der Waals surface area contributed by atoms with Crippen molar-refractivity contribution < 1.29 is 0 Å². The van der Waals surface area contributed by atoms with Gasteiger partial charge in [-0.3, -0.25) is 0 Å². The average molecular weight is 178 g/mol. The van der Waals surface area contributed by atoms with Gasteiger partial charge in [-0.05, 0) is 30.6 Å². The van der Waals surface area contributed by atoms with Crippen LogP contribution in [0, 0.1) is 17.8 Å². The van der Waals surface area contributed by atoms with Crippen molar-refractivity contribution in [3.8, 4) is 0 Å². The van der Waals surface area contributed by atoms with Crippen LogP contribution in [-0.4, -0.2) is 14.1 Å². The van der Waals surface area contributed by atoms with Crippen molar-refractivity contribution >= 4 is 14.1 Å². The largest absolute Gasteiger partial charge is 0.266 e. The molecule has 0 amide bonds. The molecule has 1 aliphatic heterocycles. The first-order chi connectivity index (χ1) is 5.90. The maximum Gasteiger partial charge on any atom is 0.266 e. The van der Waals surface area contributed by atoms with Gasteiger partial charge < -0.3 is 0 Å². The Morgan fingerprint density at radius 2 is 2.00 bits per heavy atom. The van der Waals surface area contributed by atoms with Gasteiger partial charge in [-0.2, -0.15) is 0 Å². The van der Waals surface area contributed by atoms with Crippen LogP contribution in [0.25, 0.3) is 0 Å². The molecule has 0 aromatic carbocycles. The van der Waals surface area contributed by atoms with Gasteiger partial charge >= 0.3 is 0 Å². The summed E-state index contributed by atoms with van der Waals surface area (Å²) in [7, 11) is 0. The van der Waals surface area contributed by atoms with Crippen LogP contribution in [0.2, 0.25) is 15.3 Å². The molecule has 3 aliphatic rings. The highest BCUT2D eigenvalue weighted by molar-refractivity contribution is 6.61. The Labute approximate surface area is 80.1 Å². The lowest BCUT2D eigenvalue weighted by atomic mass is 9.87. The SMILES string of the molecule is C[CH2][Al]1[CH2]C[C@@H]2[C@H]3CC[C@H](C3)[C@@H]21. The zero-order valence-corrected chi connectivity index (χ0v) is 9.28. The van der Waals surface area contributed by atoms with E-state index in [0.29, 0.717) is 0 Å². The Morgan fingerprint density at radius 1 is 1.17 bits per heavy atom. The zero-order valence-electron chi connectivity index (χ0n) is 8.13. The van der Waals surface area contributed by atoms with Gasteiger partial charge in [-0.1, -0.05) is 35.1 Å². The highest BCUT2D eigenvalue weighted by Gasteiger charge is 2.54. The van der Waals surface area contributed by atoms with Crippen LogP contribution in [0.15, 0.2) is 0 Å². The fourth-order valence-electron chi connectivity index (χ4n) is 4.69. The molecule has 2 aliphatic carbocycles. The number of hydrogen-bond donors (Lipinski definition) is 0. The number of rotatable bonds is 1. The quantitative estimate of drug-likeness (QED) is 0.540. The molecule has 1 heteroatoms. The standard InChI is InChI=1S/C9H14.C2H5.Al/c1-2-8-5-7-3-4-9(8)6-7;1-2;/h5,7-9H,1-4,6H2;1H2,2H3;/t7-,8-,9-;;/m0../s1. The second kappa shape index (κ2) is 2.76. The summed E-state index contributed by atoms with van der Waals surface area (Å²) >= 11 is -0.216. The lowest BCUT2D eigenvalue weighted by Gasteiger charge is -2.26. The molecular weight excluding hydrogens is 159 g/mol. The molecule has 0 N–H and O–H groups in total. The van der Waals surface area contributed by atoms with Crippen LogP contribution < -0.4 is 0 Å². The van der Waals surface area contributed by atoms with E-state index in [1.54, 1.807) is 36.2 Å². The minimum absolute atomic E-state index is 0.216. The van der Waals surface area contributed by atoms with Gasteiger partial charge in [0.15, 0.2) is 0 Å². The Balaban J connectivity index is 1.85. The number of fused-ring (bicyclic) bond motifs is 5. The average Bonchev–Trinajstić information content (AvgIpc) is 2.76. The molecule has 1 saturated heterocycles. The maximum atomic E-state index is 2.46. The molecule has 12 heavy (non-hydrogen) atoms. The van der Waals surface area contributed by atoms with Crippen molar-refractivity contribution in [2.45, 2.75) is 48.0 Å². The summed E-state index contributed by atoms with van der Waals surface area (Å²) in [5, 5.41) is 3.31. The lowest BCUT2D eigenvalue weighted by molar-refractivity contribution is 0.340. The van der Waals surface area contributed by atoms with E-state index in [0.717, 1.165) is 0 Å². The normalized spacial score (nSPS) is 50.2. The molecule has 0 nitrogen and oxygen atoms in total. The fraction of sp³-hybridized carbons (Fsp3) is 1.00. The second-order valence-corrected chi connectivity index (χ2v) is 9.00. The lowest BCUT2D eigenvalue weighted by Crippen LogP contribution is -2.22. The van der Waals surface area contributed by atoms with Crippen molar-refractivity contribution in [2.24, 2.45) is 17.8 Å². The van der Waals surface area contributed by atoms with Gasteiger partial charge in [0, 0.05) is 0 Å². The van der Waals surface area contributed by atoms with E-state index in [2.05, 4.69) is 6.92 Å². The highest BCUT2D eigenvalue weighted by atomic mass is 27.2. The maximum absolute atomic E-state index is 2.46. The molecule has 0 aromatic rings. The van der Waals surface area contributed by atoms with Crippen molar-refractivity contribution in [3.05, 3.63) is 0 Å². The first-order valence-electron chi connectivity index (χ1n) is 5.90. The van der Waals surface area contributed by atoms with E-state index >= 15 is 0 Å². The third kappa shape index (κ3) is 0.904. The smallest absolute Gasteiger partial charge is 0.0965 e. The van der Waals surface area contributed by atoms with Crippen LogP contribution in [0.1, 0.15) is 32.6 Å². The first-order valence-corrected chi connectivity index (χ1v) is 8.20. The summed E-state index contributed by atoms with van der Waals surface area (Å²) in [6, 6.07) is 0. The summed E-state index contributed by atoms with van der Waals surface area (Å²) < 4.78 is 1.33. The molecular formula is C11H19Al. The van der Waals surface area contributed by atoms with Crippen LogP contribution >= 0.6 is 0 Å². The van der Waals surface area contributed by atoms with E-state index in [4.69, 9.17) is 0 Å². The summed E-state index contributed by atoms with van der Waals surface area (Å²) in [4.78, 5) is 0. The van der Waals surface area contributed by atoms with Crippen molar-refractivity contribution in [1.82, 2.24) is 0 Å². The van der Waals surface area contributed by atoms with Gasteiger partial charge in [0.2, 0.25) is 0 Å². The second-order valence-electron chi connectivity index (χ2n) is 5.32. The molecule has 2 saturated carbocycles. The van der Waals surface area contributed by atoms with Gasteiger partial charge in [0.05, 0.1) is 0 Å². The van der Waals surface area contributed by atoms with Gasteiger partial charge in [0.1, 0.15) is 0 Å². The van der Waals surface area contributed by atoms with E-state index in [-0.39, 0.29) is 14.1 Å². The minimum Gasteiger partial charge on any atom is -0.0965 e. The topological polar surface area (TPSA) is 0 Å². The third-order valence-electron chi connectivity index (χ3n) is 5.10. The third-order valence-corrected chi connectivity index (χ3v) is 9.35. The monoisotopic (exact) mass is 178 g/mol. The van der Waals surface area contributed by atoms with Crippen molar-refractivity contribution in [3.63, 3.8) is 0 Å². The first kappa shape index (κ1) is 7.89. The van der Waals surface area contributed by atoms with Crippen molar-refractivity contribution in [1.29, 1.82) is 0 Å². The summed E-state index contributed by atoms with van der Waals surface area (Å²) in [5.41, 5.74) is 0. The van der Waals surface area contributed by atoms with Crippen LogP contribution in [-0.2, 0) is 0 Å². The predicted octanol–water partition coefficient (Wildman–Crippen LogP) is 3.32. The summed E-state index contributed by atoms with van der Waals surface area (Å²) in [6.07, 6.45) is 6.53. The molecule has 0 aromatic heterocycles. The van der Waals surface area contributed by atoms with Crippen molar-refractivity contribution in [2.75, 3.05) is 0 Å². The van der Waals surface area contributed by atoms with Gasteiger partial charge in [-0.25, -0.2) is 0 Å². The molecule has 3 rings (SSSR count). The Hall–Kier alpha value is 0.532. The van der Waals surface area contributed by atoms with E-state index in [1.807, 2.05) is 0 Å². The van der Waals surface area contributed by atoms with Crippen LogP contribution in [0.3, 0.4) is 0 Å². The molecule has 0 unspecified atom stereocenters.